The minimum Gasteiger partial charge on any atom is -0.478 e. The summed E-state index contributed by atoms with van der Waals surface area (Å²) in [7, 11) is 0. The van der Waals surface area contributed by atoms with Gasteiger partial charge in [0.05, 0.1) is 11.1 Å². The number of carboxylic acid groups (broad SMARTS) is 1. The van der Waals surface area contributed by atoms with Gasteiger partial charge >= 0.3 is 5.97 Å². The molecule has 0 aliphatic rings. The van der Waals surface area contributed by atoms with Crippen LogP contribution in [0.25, 0.3) is 10.9 Å². The number of aromatic nitrogens is 1. The summed E-state index contributed by atoms with van der Waals surface area (Å²) < 4.78 is 2.19. The normalized spacial score (nSPS) is 10.8. The van der Waals surface area contributed by atoms with Crippen molar-refractivity contribution in [3.8, 4) is 0 Å². The molecule has 0 aliphatic carbocycles. The van der Waals surface area contributed by atoms with Gasteiger partial charge in [-0.15, -0.1) is 0 Å². The first-order chi connectivity index (χ1) is 9.65. The number of hydrogen-bond donors (Lipinski definition) is 1. The molecule has 0 amide bonds. The summed E-state index contributed by atoms with van der Waals surface area (Å²) in [5, 5.41) is 10.1. The lowest BCUT2D eigenvalue weighted by atomic mass is 10.1. The van der Waals surface area contributed by atoms with Crippen LogP contribution in [-0.4, -0.2) is 15.6 Å². The summed E-state index contributed by atoms with van der Waals surface area (Å²) in [6.45, 7) is 2.85. The largest absolute Gasteiger partial charge is 0.478 e. The molecule has 0 radical (unpaired) electrons. The van der Waals surface area contributed by atoms with Crippen LogP contribution in [0, 0.1) is 6.92 Å². The lowest BCUT2D eigenvalue weighted by molar-refractivity contribution is 0.0697. The molecule has 3 aromatic rings. The van der Waals surface area contributed by atoms with Gasteiger partial charge in [-0.2, -0.15) is 0 Å². The molecule has 3 heteroatoms. The Balaban J connectivity index is 1.95. The second-order valence-electron chi connectivity index (χ2n) is 4.96. The van der Waals surface area contributed by atoms with Crippen LogP contribution in [0.4, 0.5) is 0 Å². The van der Waals surface area contributed by atoms with Crippen LogP contribution in [0.15, 0.2) is 54.7 Å². The summed E-state index contributed by atoms with van der Waals surface area (Å²) in [5.41, 5.74) is 3.89. The summed E-state index contributed by atoms with van der Waals surface area (Å²) in [6, 6.07) is 15.4. The van der Waals surface area contributed by atoms with Gasteiger partial charge in [0.15, 0.2) is 0 Å². The summed E-state index contributed by atoms with van der Waals surface area (Å²) in [6.07, 6.45) is 2.07. The Kier molecular flexibility index (Phi) is 3.03. The van der Waals surface area contributed by atoms with Gasteiger partial charge in [-0.05, 0) is 41.6 Å². The Morgan fingerprint density at radius 3 is 2.55 bits per heavy atom. The molecular formula is C17H15NO2. The fourth-order valence-electron chi connectivity index (χ4n) is 2.53. The molecule has 0 saturated carbocycles. The van der Waals surface area contributed by atoms with Gasteiger partial charge in [-0.25, -0.2) is 4.79 Å². The Hall–Kier alpha value is -2.55. The fraction of sp³-hybridized carbons (Fsp3) is 0.118. The third kappa shape index (κ3) is 2.18. The predicted molar refractivity (Wildman–Crippen MR) is 79.2 cm³/mol. The van der Waals surface area contributed by atoms with Gasteiger partial charge in [0.25, 0.3) is 0 Å². The van der Waals surface area contributed by atoms with E-state index in [9.17, 15) is 4.79 Å². The van der Waals surface area contributed by atoms with E-state index in [2.05, 4.69) is 42.0 Å². The number of aryl methyl sites for hydroxylation is 1. The number of benzene rings is 2. The lowest BCUT2D eigenvalue weighted by Gasteiger charge is -2.08. The minimum atomic E-state index is -0.890. The number of para-hydroxylation sites is 1. The van der Waals surface area contributed by atoms with Crippen molar-refractivity contribution < 1.29 is 9.90 Å². The van der Waals surface area contributed by atoms with Crippen LogP contribution in [0.2, 0.25) is 0 Å². The topological polar surface area (TPSA) is 42.2 Å². The van der Waals surface area contributed by atoms with Crippen molar-refractivity contribution in [2.24, 2.45) is 0 Å². The number of rotatable bonds is 3. The Bertz CT molecular complexity index is 769. The van der Waals surface area contributed by atoms with Crippen LogP contribution in [0.1, 0.15) is 21.5 Å². The zero-order valence-corrected chi connectivity index (χ0v) is 11.2. The first kappa shape index (κ1) is 12.5. The number of fused-ring (bicyclic) bond motifs is 1. The molecule has 1 N–H and O–H groups in total. The van der Waals surface area contributed by atoms with E-state index in [1.807, 2.05) is 12.1 Å². The maximum Gasteiger partial charge on any atom is 0.335 e. The van der Waals surface area contributed by atoms with Crippen LogP contribution >= 0.6 is 0 Å². The molecule has 100 valence electrons. The highest BCUT2D eigenvalue weighted by molar-refractivity contribution is 5.87. The van der Waals surface area contributed by atoms with Crippen molar-refractivity contribution in [1.82, 2.24) is 4.57 Å². The Morgan fingerprint density at radius 1 is 1.10 bits per heavy atom. The van der Waals surface area contributed by atoms with Gasteiger partial charge in [0.1, 0.15) is 0 Å². The van der Waals surface area contributed by atoms with Crippen molar-refractivity contribution in [3.05, 3.63) is 71.4 Å². The molecule has 0 saturated heterocycles. The molecule has 0 spiro atoms. The molecule has 0 fully saturated rings. The zero-order chi connectivity index (χ0) is 14.1. The minimum absolute atomic E-state index is 0.322. The second-order valence-corrected chi connectivity index (χ2v) is 4.96. The highest BCUT2D eigenvalue weighted by Gasteiger charge is 2.05. The van der Waals surface area contributed by atoms with Crippen molar-refractivity contribution in [2.75, 3.05) is 0 Å². The van der Waals surface area contributed by atoms with Gasteiger partial charge in [0, 0.05) is 12.7 Å². The zero-order valence-electron chi connectivity index (χ0n) is 11.2. The molecule has 0 bridgehead atoms. The smallest absolute Gasteiger partial charge is 0.335 e. The van der Waals surface area contributed by atoms with Gasteiger partial charge in [-0.3, -0.25) is 0 Å². The van der Waals surface area contributed by atoms with Crippen LogP contribution in [0.3, 0.4) is 0 Å². The van der Waals surface area contributed by atoms with E-state index in [1.54, 1.807) is 12.1 Å². The molecular weight excluding hydrogens is 250 g/mol. The molecule has 0 aliphatic heterocycles. The van der Waals surface area contributed by atoms with Crippen LogP contribution < -0.4 is 0 Å². The van der Waals surface area contributed by atoms with E-state index < -0.39 is 5.97 Å². The van der Waals surface area contributed by atoms with E-state index in [0.29, 0.717) is 5.56 Å². The van der Waals surface area contributed by atoms with E-state index >= 15 is 0 Å². The molecule has 1 heterocycles. The average molecular weight is 265 g/mol. The number of nitrogens with zero attached hydrogens (tertiary/aromatic N) is 1. The monoisotopic (exact) mass is 265 g/mol. The molecule has 3 rings (SSSR count). The first-order valence-electron chi connectivity index (χ1n) is 6.52. The standard InChI is InChI=1S/C17H15NO2/c1-12-3-2-4-14-9-10-18(16(12)14)11-13-5-7-15(8-6-13)17(19)20/h2-10H,11H2,1H3,(H,19,20). The lowest BCUT2D eigenvalue weighted by Crippen LogP contribution is -2.00. The van der Waals surface area contributed by atoms with Crippen molar-refractivity contribution in [2.45, 2.75) is 13.5 Å². The van der Waals surface area contributed by atoms with E-state index in [0.717, 1.165) is 12.1 Å². The quantitative estimate of drug-likeness (QED) is 0.784. The summed E-state index contributed by atoms with van der Waals surface area (Å²) >= 11 is 0. The molecule has 0 unspecified atom stereocenters. The molecule has 3 nitrogen and oxygen atoms in total. The van der Waals surface area contributed by atoms with E-state index in [-0.39, 0.29) is 0 Å². The van der Waals surface area contributed by atoms with Crippen molar-refractivity contribution in [1.29, 1.82) is 0 Å². The Morgan fingerprint density at radius 2 is 1.85 bits per heavy atom. The number of carboxylic acids is 1. The first-order valence-corrected chi connectivity index (χ1v) is 6.52. The third-order valence-electron chi connectivity index (χ3n) is 3.54. The highest BCUT2D eigenvalue weighted by atomic mass is 16.4. The van der Waals surface area contributed by atoms with Crippen molar-refractivity contribution >= 4 is 16.9 Å². The van der Waals surface area contributed by atoms with E-state index in [1.165, 1.54) is 16.5 Å². The number of hydrogen-bond acceptors (Lipinski definition) is 1. The SMILES string of the molecule is Cc1cccc2ccn(Cc3ccc(C(=O)O)cc3)c12. The maximum atomic E-state index is 10.8. The molecule has 20 heavy (non-hydrogen) atoms. The number of carbonyl (C=O) groups is 1. The summed E-state index contributed by atoms with van der Waals surface area (Å²) in [5.74, 6) is -0.890. The van der Waals surface area contributed by atoms with Gasteiger partial charge in [-0.1, -0.05) is 30.3 Å². The van der Waals surface area contributed by atoms with Gasteiger partial charge in [0.2, 0.25) is 0 Å². The summed E-state index contributed by atoms with van der Waals surface area (Å²) in [4.78, 5) is 10.8. The average Bonchev–Trinajstić information content (AvgIpc) is 2.84. The fourth-order valence-corrected chi connectivity index (χ4v) is 2.53. The molecule has 0 atom stereocenters. The van der Waals surface area contributed by atoms with E-state index in [4.69, 9.17) is 5.11 Å². The number of aromatic carboxylic acids is 1. The highest BCUT2D eigenvalue weighted by Crippen LogP contribution is 2.20. The second kappa shape index (κ2) is 4.85. The van der Waals surface area contributed by atoms with Gasteiger partial charge < -0.3 is 9.67 Å². The molecule has 1 aromatic heterocycles. The van der Waals surface area contributed by atoms with Crippen molar-refractivity contribution in [3.63, 3.8) is 0 Å². The maximum absolute atomic E-state index is 10.8. The molecule has 2 aromatic carbocycles. The predicted octanol–water partition coefficient (Wildman–Crippen LogP) is 3.70. The van der Waals surface area contributed by atoms with Crippen LogP contribution in [0.5, 0.6) is 0 Å². The third-order valence-corrected chi connectivity index (χ3v) is 3.54. The van der Waals surface area contributed by atoms with Crippen LogP contribution in [-0.2, 0) is 6.54 Å². The Labute approximate surface area is 117 Å².